The van der Waals surface area contributed by atoms with Crippen molar-refractivity contribution in [1.82, 2.24) is 15.2 Å². The van der Waals surface area contributed by atoms with Crippen molar-refractivity contribution in [2.75, 3.05) is 24.2 Å². The second-order valence-electron chi connectivity index (χ2n) is 8.31. The number of β-lactam (4-membered cyclic amide) rings is 1. The van der Waals surface area contributed by atoms with Crippen LogP contribution in [0.5, 0.6) is 0 Å². The van der Waals surface area contributed by atoms with Gasteiger partial charge in [0.05, 0.1) is 11.5 Å². The molecule has 2 saturated heterocycles. The van der Waals surface area contributed by atoms with E-state index in [-0.39, 0.29) is 47.7 Å². The maximum absolute atomic E-state index is 13.0. The van der Waals surface area contributed by atoms with Gasteiger partial charge in [0.2, 0.25) is 12.3 Å². The average Bonchev–Trinajstić information content (AvgIpc) is 3.39. The summed E-state index contributed by atoms with van der Waals surface area (Å²) in [6.45, 7) is 1.29. The number of nitro groups is 1. The number of fused-ring (bicyclic) bond motifs is 1. The summed E-state index contributed by atoms with van der Waals surface area (Å²) in [4.78, 5) is 69.7. The number of hydrogen-bond donors (Lipinski definition) is 3. The number of non-ortho nitro benzene ring substituents is 1. The van der Waals surface area contributed by atoms with E-state index >= 15 is 0 Å². The smallest absolute Gasteiger partial charge is 0.341 e. The molecule has 17 heteroatoms. The van der Waals surface area contributed by atoms with Gasteiger partial charge in [-0.15, -0.1) is 23.1 Å². The van der Waals surface area contributed by atoms with E-state index in [1.807, 2.05) is 0 Å². The number of aromatic nitrogens is 1. The first-order valence-electron chi connectivity index (χ1n) is 11.4. The van der Waals surface area contributed by atoms with Gasteiger partial charge in [-0.25, -0.2) is 9.78 Å². The molecular formula is C22H22N6O9S2. The highest BCUT2D eigenvalue weighted by Gasteiger charge is 2.57. The standard InChI is InChI=1S/C22H22N6O9S2/c1-2-37-26-15(14-8-38-21(24-14)23-11-29)17(30)25-16-18(31)27-9-22(33,10-39-19(16)27)20(32)36-7-12-3-5-13(6-4-12)28(34)35/h3-6,8,11,16,19,33H,2,7,9-10H2,1H3,(H,25,30)(H,23,24,29)/t16?,19-,22?/m1/s1. The summed E-state index contributed by atoms with van der Waals surface area (Å²) >= 11 is 2.17. The fourth-order valence-electron chi connectivity index (χ4n) is 3.72. The number of hydrogen-bond acceptors (Lipinski definition) is 13. The van der Waals surface area contributed by atoms with Crippen LogP contribution in [0.15, 0.2) is 34.8 Å². The fourth-order valence-corrected chi connectivity index (χ4v) is 5.77. The number of carbonyl (C=O) groups is 4. The predicted octanol–water partition coefficient (Wildman–Crippen LogP) is 0.235. The van der Waals surface area contributed by atoms with E-state index in [2.05, 4.69) is 20.8 Å². The van der Waals surface area contributed by atoms with Crippen molar-refractivity contribution < 1.29 is 38.8 Å². The lowest BCUT2D eigenvalue weighted by molar-refractivity contribution is -0.384. The number of esters is 1. The second-order valence-corrected chi connectivity index (χ2v) is 10.3. The molecule has 3 atom stereocenters. The topological polar surface area (TPSA) is 203 Å². The molecule has 0 spiro atoms. The van der Waals surface area contributed by atoms with E-state index in [0.717, 1.165) is 23.1 Å². The summed E-state index contributed by atoms with van der Waals surface area (Å²) in [5.41, 5.74) is -1.65. The number of rotatable bonds is 11. The van der Waals surface area contributed by atoms with Gasteiger partial charge in [-0.05, 0) is 24.6 Å². The molecule has 206 valence electrons. The van der Waals surface area contributed by atoms with Crippen molar-refractivity contribution in [2.24, 2.45) is 5.16 Å². The van der Waals surface area contributed by atoms with Crippen LogP contribution >= 0.6 is 23.1 Å². The highest BCUT2D eigenvalue weighted by Crippen LogP contribution is 2.39. The van der Waals surface area contributed by atoms with Crippen LogP contribution in [0.4, 0.5) is 10.8 Å². The molecule has 0 saturated carbocycles. The van der Waals surface area contributed by atoms with Gasteiger partial charge in [0.1, 0.15) is 30.3 Å². The molecule has 2 aromatic rings. The number of thioether (sulfide) groups is 1. The molecule has 3 amide bonds. The van der Waals surface area contributed by atoms with Gasteiger partial charge < -0.3 is 30.2 Å². The van der Waals surface area contributed by atoms with E-state index in [1.54, 1.807) is 6.92 Å². The Morgan fingerprint density at radius 2 is 2.13 bits per heavy atom. The lowest BCUT2D eigenvalue weighted by atomic mass is 9.99. The molecule has 0 radical (unpaired) electrons. The minimum absolute atomic E-state index is 0.0976. The Morgan fingerprint density at radius 1 is 1.38 bits per heavy atom. The lowest BCUT2D eigenvalue weighted by Gasteiger charge is -2.52. The number of thiazole rings is 1. The second kappa shape index (κ2) is 11.7. The normalized spacial score (nSPS) is 22.3. The van der Waals surface area contributed by atoms with Crippen molar-refractivity contribution in [2.45, 2.75) is 30.5 Å². The third-order valence-electron chi connectivity index (χ3n) is 5.68. The summed E-state index contributed by atoms with van der Waals surface area (Å²) in [7, 11) is 0. The fraction of sp³-hybridized carbons (Fsp3) is 0.364. The maximum Gasteiger partial charge on any atom is 0.341 e. The molecule has 39 heavy (non-hydrogen) atoms. The third kappa shape index (κ3) is 5.99. The number of aliphatic hydroxyl groups is 1. The number of nitrogens with one attached hydrogen (secondary N) is 2. The summed E-state index contributed by atoms with van der Waals surface area (Å²) in [6.07, 6.45) is 0.441. The van der Waals surface area contributed by atoms with Crippen molar-refractivity contribution in [3.63, 3.8) is 0 Å². The molecule has 2 fully saturated rings. The Balaban J connectivity index is 1.35. The first kappa shape index (κ1) is 27.9. The van der Waals surface area contributed by atoms with Crippen molar-refractivity contribution >= 4 is 63.8 Å². The van der Waals surface area contributed by atoms with E-state index < -0.39 is 39.7 Å². The molecule has 2 aliphatic rings. The van der Waals surface area contributed by atoms with Crippen molar-refractivity contribution in [3.8, 4) is 0 Å². The molecule has 1 aromatic heterocycles. The largest absolute Gasteiger partial charge is 0.459 e. The number of amides is 3. The zero-order valence-electron chi connectivity index (χ0n) is 20.3. The Labute approximate surface area is 228 Å². The number of nitrogens with zero attached hydrogens (tertiary/aromatic N) is 4. The highest BCUT2D eigenvalue weighted by atomic mass is 32.2. The van der Waals surface area contributed by atoms with Crippen molar-refractivity contribution in [1.29, 1.82) is 0 Å². The van der Waals surface area contributed by atoms with Gasteiger partial charge >= 0.3 is 5.97 Å². The number of oxime groups is 1. The van der Waals surface area contributed by atoms with Crippen LogP contribution in [-0.2, 0) is 35.4 Å². The Hall–Kier alpha value is -4.09. The molecule has 3 heterocycles. The summed E-state index contributed by atoms with van der Waals surface area (Å²) in [5, 5.41) is 31.6. The van der Waals surface area contributed by atoms with Gasteiger partial charge in [-0.3, -0.25) is 24.5 Å². The molecule has 0 aliphatic carbocycles. The highest BCUT2D eigenvalue weighted by molar-refractivity contribution is 8.00. The van der Waals surface area contributed by atoms with Crippen molar-refractivity contribution in [3.05, 3.63) is 51.0 Å². The molecule has 2 aliphatic heterocycles. The third-order valence-corrected chi connectivity index (χ3v) is 7.97. The van der Waals surface area contributed by atoms with Crippen LogP contribution in [-0.4, -0.2) is 85.7 Å². The number of nitro benzene ring substituents is 1. The van der Waals surface area contributed by atoms with Crippen LogP contribution in [0.3, 0.4) is 0 Å². The zero-order chi connectivity index (χ0) is 28.2. The monoisotopic (exact) mass is 578 g/mol. The molecule has 15 nitrogen and oxygen atoms in total. The predicted molar refractivity (Wildman–Crippen MR) is 138 cm³/mol. The Morgan fingerprint density at radius 3 is 2.79 bits per heavy atom. The molecule has 0 bridgehead atoms. The van der Waals surface area contributed by atoms with E-state index in [9.17, 15) is 34.4 Å². The van der Waals surface area contributed by atoms with Gasteiger partial charge in [0.25, 0.3) is 11.6 Å². The van der Waals surface area contributed by atoms with Gasteiger partial charge in [-0.1, -0.05) is 5.16 Å². The van der Waals surface area contributed by atoms with E-state index in [0.29, 0.717) is 12.0 Å². The molecule has 3 N–H and O–H groups in total. The van der Waals surface area contributed by atoms with Crippen LogP contribution in [0.1, 0.15) is 18.2 Å². The first-order chi connectivity index (χ1) is 18.7. The Bertz CT molecular complexity index is 1320. The summed E-state index contributed by atoms with van der Waals surface area (Å²) in [6, 6.07) is 4.46. The average molecular weight is 579 g/mol. The minimum atomic E-state index is -1.98. The SMILES string of the molecule is CCON=C(C(=O)NC1C(=O)N2CC(O)(C(=O)OCc3ccc([N+](=O)[O-])cc3)CS[C@H]12)c1csc(NC=O)n1. The number of ether oxygens (including phenoxy) is 1. The molecular weight excluding hydrogens is 556 g/mol. The number of carbonyl (C=O) groups excluding carboxylic acids is 4. The van der Waals surface area contributed by atoms with Gasteiger partial charge in [-0.2, -0.15) is 0 Å². The summed E-state index contributed by atoms with van der Waals surface area (Å²) in [5.74, 6) is -2.28. The quantitative estimate of drug-likeness (QED) is 0.0823. The van der Waals surface area contributed by atoms with E-state index in [1.165, 1.54) is 34.5 Å². The summed E-state index contributed by atoms with van der Waals surface area (Å²) < 4.78 is 5.20. The minimum Gasteiger partial charge on any atom is -0.459 e. The molecule has 2 unspecified atom stereocenters. The van der Waals surface area contributed by atoms with Gasteiger partial charge in [0, 0.05) is 23.3 Å². The Kier molecular flexibility index (Phi) is 8.41. The molecule has 4 rings (SSSR count). The maximum atomic E-state index is 13.0. The van der Waals surface area contributed by atoms with Gasteiger partial charge in [0.15, 0.2) is 16.4 Å². The zero-order valence-corrected chi connectivity index (χ0v) is 21.9. The van der Waals surface area contributed by atoms with Crippen LogP contribution in [0.2, 0.25) is 0 Å². The number of anilines is 1. The van der Waals surface area contributed by atoms with Crippen LogP contribution in [0.25, 0.3) is 0 Å². The molecule has 1 aromatic carbocycles. The van der Waals surface area contributed by atoms with Crippen LogP contribution in [0, 0.1) is 10.1 Å². The van der Waals surface area contributed by atoms with Crippen LogP contribution < -0.4 is 10.6 Å². The lowest BCUT2D eigenvalue weighted by Crippen LogP contribution is -2.75. The van der Waals surface area contributed by atoms with E-state index in [4.69, 9.17) is 9.57 Å². The number of benzene rings is 1. The first-order valence-corrected chi connectivity index (χ1v) is 13.3.